The number of hydrogen-bond donors (Lipinski definition) is 1. The number of aryl methyl sites for hydroxylation is 2. The second-order valence-electron chi connectivity index (χ2n) is 8.38. The van der Waals surface area contributed by atoms with E-state index in [1.807, 2.05) is 49.7 Å². The lowest BCUT2D eigenvalue weighted by atomic mass is 9.96. The Labute approximate surface area is 193 Å². The molecule has 1 aromatic heterocycles. The van der Waals surface area contributed by atoms with Gasteiger partial charge in [0.2, 0.25) is 5.91 Å². The molecule has 1 unspecified atom stereocenters. The highest BCUT2D eigenvalue weighted by atomic mass is 35.5. The molecule has 1 aliphatic heterocycles. The predicted octanol–water partition coefficient (Wildman–Crippen LogP) is 4.94. The van der Waals surface area contributed by atoms with Crippen LogP contribution in [0.2, 0.25) is 5.02 Å². The minimum absolute atomic E-state index is 0.0706. The second-order valence-corrected chi connectivity index (χ2v) is 8.82. The van der Waals surface area contributed by atoms with Crippen LogP contribution < -0.4 is 5.32 Å². The molecule has 4 rings (SSSR count). The van der Waals surface area contributed by atoms with Crippen molar-refractivity contribution < 1.29 is 9.59 Å². The zero-order chi connectivity index (χ0) is 22.8. The molecule has 0 aliphatic carbocycles. The Bertz CT molecular complexity index is 1140. The molecule has 1 saturated heterocycles. The van der Waals surface area contributed by atoms with Gasteiger partial charge in [0.05, 0.1) is 28.7 Å². The fourth-order valence-corrected chi connectivity index (χ4v) is 4.26. The van der Waals surface area contributed by atoms with Crippen LogP contribution in [0.1, 0.15) is 40.2 Å². The van der Waals surface area contributed by atoms with Gasteiger partial charge in [0, 0.05) is 23.7 Å². The van der Waals surface area contributed by atoms with Crippen molar-refractivity contribution in [3.8, 4) is 5.69 Å². The highest BCUT2D eigenvalue weighted by molar-refractivity contribution is 6.30. The van der Waals surface area contributed by atoms with Gasteiger partial charge in [0.1, 0.15) is 0 Å². The molecule has 166 valence electrons. The van der Waals surface area contributed by atoms with Crippen LogP contribution in [0.15, 0.2) is 48.5 Å². The van der Waals surface area contributed by atoms with Gasteiger partial charge < -0.3 is 10.2 Å². The van der Waals surface area contributed by atoms with Crippen LogP contribution in [-0.4, -0.2) is 39.6 Å². The van der Waals surface area contributed by atoms with Gasteiger partial charge in [-0.3, -0.25) is 9.59 Å². The zero-order valence-corrected chi connectivity index (χ0v) is 19.3. The zero-order valence-electron chi connectivity index (χ0n) is 18.6. The number of benzene rings is 2. The van der Waals surface area contributed by atoms with Gasteiger partial charge in [-0.25, -0.2) is 4.68 Å². The first-order chi connectivity index (χ1) is 15.3. The molecule has 3 aromatic rings. The van der Waals surface area contributed by atoms with Crippen LogP contribution in [0.25, 0.3) is 5.69 Å². The summed E-state index contributed by atoms with van der Waals surface area (Å²) in [5.74, 6) is -0.409. The molecule has 1 fully saturated rings. The van der Waals surface area contributed by atoms with Gasteiger partial charge in [0.15, 0.2) is 0 Å². The van der Waals surface area contributed by atoms with Crippen molar-refractivity contribution in [3.63, 3.8) is 0 Å². The van der Waals surface area contributed by atoms with Crippen molar-refractivity contribution in [2.75, 3.05) is 18.4 Å². The molecule has 0 spiro atoms. The fourth-order valence-electron chi connectivity index (χ4n) is 4.14. The molecule has 0 radical (unpaired) electrons. The number of carbonyl (C=O) groups excluding carboxylic acids is 2. The number of nitrogens with zero attached hydrogens (tertiary/aromatic N) is 3. The Hall–Kier alpha value is -3.12. The highest BCUT2D eigenvalue weighted by Gasteiger charge is 2.30. The minimum atomic E-state index is -0.262. The fraction of sp³-hybridized carbons (Fsp3) is 0.320. The van der Waals surface area contributed by atoms with Crippen molar-refractivity contribution in [3.05, 3.63) is 76.1 Å². The van der Waals surface area contributed by atoms with Crippen molar-refractivity contribution in [1.82, 2.24) is 14.7 Å². The number of piperidine rings is 1. The van der Waals surface area contributed by atoms with E-state index < -0.39 is 0 Å². The first kappa shape index (κ1) is 22.1. The molecule has 2 amide bonds. The number of nitrogens with one attached hydrogen (secondary N) is 1. The molecular weight excluding hydrogens is 424 g/mol. The summed E-state index contributed by atoms with van der Waals surface area (Å²) in [7, 11) is 0. The first-order valence-electron chi connectivity index (χ1n) is 10.8. The van der Waals surface area contributed by atoms with E-state index in [0.29, 0.717) is 23.7 Å². The standard InChI is InChI=1S/C25H27ClN4O2/c1-16-6-12-22(13-7-16)30-18(3)23(17(2)28-30)27-24(31)20-5-4-14-29(15-20)25(32)19-8-10-21(26)11-9-19/h6-13,20H,4-5,14-15H2,1-3H3,(H,27,31). The van der Waals surface area contributed by atoms with Crippen LogP contribution in [-0.2, 0) is 4.79 Å². The second kappa shape index (κ2) is 9.17. The molecular formula is C25H27ClN4O2. The quantitative estimate of drug-likeness (QED) is 0.612. The lowest BCUT2D eigenvalue weighted by Crippen LogP contribution is -2.43. The molecule has 0 bridgehead atoms. The monoisotopic (exact) mass is 450 g/mol. The third-order valence-electron chi connectivity index (χ3n) is 5.99. The molecule has 0 saturated carbocycles. The SMILES string of the molecule is Cc1ccc(-n2nc(C)c(NC(=O)C3CCCN(C(=O)c4ccc(Cl)cc4)C3)c2C)cc1. The Kier molecular flexibility index (Phi) is 6.33. The first-order valence-corrected chi connectivity index (χ1v) is 11.2. The Morgan fingerprint density at radius 1 is 1.03 bits per heavy atom. The predicted molar refractivity (Wildman–Crippen MR) is 126 cm³/mol. The number of anilines is 1. The van der Waals surface area contributed by atoms with Crippen molar-refractivity contribution in [2.24, 2.45) is 5.92 Å². The summed E-state index contributed by atoms with van der Waals surface area (Å²) in [5.41, 5.74) is 5.09. The summed E-state index contributed by atoms with van der Waals surface area (Å²) in [6, 6.07) is 15.0. The van der Waals surface area contributed by atoms with Crippen LogP contribution in [0, 0.1) is 26.7 Å². The molecule has 1 N–H and O–H groups in total. The smallest absolute Gasteiger partial charge is 0.253 e. The molecule has 7 heteroatoms. The van der Waals surface area contributed by atoms with Crippen LogP contribution >= 0.6 is 11.6 Å². The lowest BCUT2D eigenvalue weighted by molar-refractivity contribution is -0.121. The van der Waals surface area contributed by atoms with Gasteiger partial charge in [-0.2, -0.15) is 5.10 Å². The summed E-state index contributed by atoms with van der Waals surface area (Å²) in [4.78, 5) is 27.7. The summed E-state index contributed by atoms with van der Waals surface area (Å²) in [6.45, 7) is 6.94. The van der Waals surface area contributed by atoms with Gasteiger partial charge >= 0.3 is 0 Å². The third-order valence-corrected chi connectivity index (χ3v) is 6.24. The topological polar surface area (TPSA) is 67.2 Å². The Morgan fingerprint density at radius 2 is 1.72 bits per heavy atom. The summed E-state index contributed by atoms with van der Waals surface area (Å²) in [6.07, 6.45) is 1.54. The van der Waals surface area contributed by atoms with E-state index >= 15 is 0 Å². The average molecular weight is 451 g/mol. The van der Waals surface area contributed by atoms with E-state index in [0.717, 1.165) is 35.6 Å². The largest absolute Gasteiger partial charge is 0.338 e. The van der Waals surface area contributed by atoms with Crippen LogP contribution in [0.4, 0.5) is 5.69 Å². The Morgan fingerprint density at radius 3 is 2.41 bits per heavy atom. The number of carbonyl (C=O) groups is 2. The van der Waals surface area contributed by atoms with Gasteiger partial charge in [-0.1, -0.05) is 29.3 Å². The summed E-state index contributed by atoms with van der Waals surface area (Å²) < 4.78 is 1.85. The number of rotatable bonds is 4. The van der Waals surface area contributed by atoms with E-state index in [4.69, 9.17) is 11.6 Å². The number of halogens is 1. The van der Waals surface area contributed by atoms with E-state index in [-0.39, 0.29) is 17.7 Å². The van der Waals surface area contributed by atoms with E-state index in [1.54, 1.807) is 29.2 Å². The maximum atomic E-state index is 13.1. The number of amides is 2. The van der Waals surface area contributed by atoms with Gasteiger partial charge in [-0.05, 0) is 70.0 Å². The number of likely N-dealkylation sites (tertiary alicyclic amines) is 1. The van der Waals surface area contributed by atoms with E-state index in [2.05, 4.69) is 10.4 Å². The van der Waals surface area contributed by atoms with Gasteiger partial charge in [0.25, 0.3) is 5.91 Å². The maximum absolute atomic E-state index is 13.1. The molecule has 1 aliphatic rings. The maximum Gasteiger partial charge on any atom is 0.253 e. The molecule has 2 aromatic carbocycles. The van der Waals surface area contributed by atoms with Gasteiger partial charge in [-0.15, -0.1) is 0 Å². The Balaban J connectivity index is 1.47. The van der Waals surface area contributed by atoms with Crippen LogP contribution in [0.3, 0.4) is 0 Å². The average Bonchev–Trinajstić information content (AvgIpc) is 3.08. The van der Waals surface area contributed by atoms with Crippen LogP contribution in [0.5, 0.6) is 0 Å². The number of hydrogen-bond acceptors (Lipinski definition) is 3. The van der Waals surface area contributed by atoms with E-state index in [9.17, 15) is 9.59 Å². The van der Waals surface area contributed by atoms with Crippen molar-refractivity contribution >= 4 is 29.1 Å². The molecule has 1 atom stereocenters. The molecule has 32 heavy (non-hydrogen) atoms. The van der Waals surface area contributed by atoms with Crippen molar-refractivity contribution in [1.29, 1.82) is 0 Å². The highest BCUT2D eigenvalue weighted by Crippen LogP contribution is 2.26. The third kappa shape index (κ3) is 4.55. The lowest BCUT2D eigenvalue weighted by Gasteiger charge is -2.32. The van der Waals surface area contributed by atoms with E-state index in [1.165, 1.54) is 5.56 Å². The minimum Gasteiger partial charge on any atom is -0.338 e. The normalized spacial score (nSPS) is 16.1. The molecule has 6 nitrogen and oxygen atoms in total. The summed E-state index contributed by atoms with van der Waals surface area (Å²) in [5, 5.41) is 8.30. The number of aromatic nitrogens is 2. The van der Waals surface area contributed by atoms with Crippen molar-refractivity contribution in [2.45, 2.75) is 33.6 Å². The molecule has 2 heterocycles. The summed E-state index contributed by atoms with van der Waals surface area (Å²) >= 11 is 5.93.